The predicted octanol–water partition coefficient (Wildman–Crippen LogP) is 6.03. The van der Waals surface area contributed by atoms with Gasteiger partial charge in [-0.1, -0.05) is 40.5 Å². The molecule has 0 aromatic rings. The predicted molar refractivity (Wildman–Crippen MR) is 72.8 cm³/mol. The average molecular weight is 280 g/mol. The van der Waals surface area contributed by atoms with Gasteiger partial charge in [0.15, 0.2) is 0 Å². The molecule has 1 nitrogen and oxygen atoms in total. The van der Waals surface area contributed by atoms with E-state index in [1.54, 1.807) is 14.2 Å². The Morgan fingerprint density at radius 3 is 0.889 bits per heavy atom. The van der Waals surface area contributed by atoms with Gasteiger partial charge in [-0.05, 0) is 13.8 Å². The summed E-state index contributed by atoms with van der Waals surface area (Å²) in [5.74, 6) is 0. The van der Waals surface area contributed by atoms with Crippen LogP contribution in [0.1, 0.15) is 61.3 Å². The minimum atomic E-state index is -4.00. The highest BCUT2D eigenvalue weighted by Crippen LogP contribution is 2.10. The molecule has 0 saturated heterocycles. The number of hydrogen-bond donors (Lipinski definition) is 0. The first-order chi connectivity index (χ1) is 7.97. The SMILES string of the molecule is CC(C)F.CC(F)(F)F.CCC.CCC.COC. The van der Waals surface area contributed by atoms with E-state index in [-0.39, 0.29) is 6.92 Å². The summed E-state index contributed by atoms with van der Waals surface area (Å²) >= 11 is 0. The molecule has 0 bridgehead atoms. The van der Waals surface area contributed by atoms with Crippen LogP contribution in [0.15, 0.2) is 0 Å². The Hall–Kier alpha value is -0.320. The zero-order valence-electron chi connectivity index (χ0n) is 13.4. The summed E-state index contributed by atoms with van der Waals surface area (Å²) < 4.78 is 46.3. The van der Waals surface area contributed by atoms with E-state index in [9.17, 15) is 17.6 Å². The lowest BCUT2D eigenvalue weighted by molar-refractivity contribution is -0.110. The van der Waals surface area contributed by atoms with Crippen molar-refractivity contribution < 1.29 is 22.3 Å². The van der Waals surface area contributed by atoms with Crippen LogP contribution in [0.2, 0.25) is 0 Å². The molecule has 0 unspecified atom stereocenters. The molecular weight excluding hydrogens is 248 g/mol. The number of alkyl halides is 4. The molecule has 0 amide bonds. The fourth-order valence-electron chi connectivity index (χ4n) is 0. The smallest absolute Gasteiger partial charge is 0.386 e. The van der Waals surface area contributed by atoms with Crippen molar-refractivity contribution in [3.05, 3.63) is 0 Å². The van der Waals surface area contributed by atoms with Crippen LogP contribution in [0.4, 0.5) is 17.6 Å². The summed E-state index contributed by atoms with van der Waals surface area (Å²) in [6.07, 6.45) is -2.17. The molecule has 0 aromatic carbocycles. The van der Waals surface area contributed by atoms with Crippen molar-refractivity contribution in [2.24, 2.45) is 0 Å². The van der Waals surface area contributed by atoms with Gasteiger partial charge in [0.05, 0.1) is 6.17 Å². The van der Waals surface area contributed by atoms with Gasteiger partial charge >= 0.3 is 6.18 Å². The second-order valence-electron chi connectivity index (χ2n) is 3.62. The van der Waals surface area contributed by atoms with Crippen molar-refractivity contribution in [2.75, 3.05) is 14.2 Å². The van der Waals surface area contributed by atoms with Gasteiger partial charge in [0.25, 0.3) is 0 Å². The number of hydrogen-bond acceptors (Lipinski definition) is 1. The first kappa shape index (κ1) is 30.6. The van der Waals surface area contributed by atoms with E-state index < -0.39 is 12.3 Å². The molecule has 0 aliphatic rings. The molecule has 18 heavy (non-hydrogen) atoms. The molecule has 0 atom stereocenters. The fraction of sp³-hybridized carbons (Fsp3) is 1.00. The van der Waals surface area contributed by atoms with Crippen LogP contribution in [0, 0.1) is 0 Å². The van der Waals surface area contributed by atoms with Gasteiger partial charge < -0.3 is 4.74 Å². The van der Waals surface area contributed by atoms with E-state index in [0.717, 1.165) is 0 Å². The third-order valence-corrected chi connectivity index (χ3v) is 0. The maximum Gasteiger partial charge on any atom is 0.386 e. The van der Waals surface area contributed by atoms with Gasteiger partial charge in [-0.2, -0.15) is 13.2 Å². The first-order valence-corrected chi connectivity index (χ1v) is 6.08. The summed E-state index contributed by atoms with van der Waals surface area (Å²) in [5, 5.41) is 0. The van der Waals surface area contributed by atoms with Crippen LogP contribution >= 0.6 is 0 Å². The Bertz CT molecular complexity index is 80.0. The first-order valence-electron chi connectivity index (χ1n) is 6.08. The summed E-state index contributed by atoms with van der Waals surface area (Å²) in [6.45, 7) is 11.7. The molecule has 5 heteroatoms. The summed E-state index contributed by atoms with van der Waals surface area (Å²) in [4.78, 5) is 0. The number of rotatable bonds is 0. The Labute approximate surface area is 111 Å². The molecule has 0 radical (unpaired) electrons. The van der Waals surface area contributed by atoms with Crippen LogP contribution in [0.3, 0.4) is 0 Å². The van der Waals surface area contributed by atoms with Crippen molar-refractivity contribution >= 4 is 0 Å². The highest BCUT2D eigenvalue weighted by Gasteiger charge is 2.15. The molecular formula is C13H32F4O. The Morgan fingerprint density at radius 2 is 0.889 bits per heavy atom. The van der Waals surface area contributed by atoms with Crippen molar-refractivity contribution in [2.45, 2.75) is 73.7 Å². The molecule has 0 fully saturated rings. The van der Waals surface area contributed by atoms with Crippen molar-refractivity contribution in [3.8, 4) is 0 Å². The van der Waals surface area contributed by atoms with Crippen molar-refractivity contribution in [1.29, 1.82) is 0 Å². The molecule has 0 heterocycles. The highest BCUT2D eigenvalue weighted by molar-refractivity contribution is 4.26. The van der Waals surface area contributed by atoms with Crippen LogP contribution in [0.5, 0.6) is 0 Å². The zero-order chi connectivity index (χ0) is 16.2. The second kappa shape index (κ2) is 30.1. The third-order valence-electron chi connectivity index (χ3n) is 0. The molecule has 0 N–H and O–H groups in total. The van der Waals surface area contributed by atoms with Crippen molar-refractivity contribution in [3.63, 3.8) is 0 Å². The monoisotopic (exact) mass is 280 g/mol. The molecule has 0 rings (SSSR count). The van der Waals surface area contributed by atoms with Crippen LogP contribution in [-0.4, -0.2) is 26.6 Å². The second-order valence-corrected chi connectivity index (χ2v) is 3.62. The average Bonchev–Trinajstić information content (AvgIpc) is 2.01. The Morgan fingerprint density at radius 1 is 0.889 bits per heavy atom. The van der Waals surface area contributed by atoms with Crippen LogP contribution in [-0.2, 0) is 4.74 Å². The van der Waals surface area contributed by atoms with Gasteiger partial charge in [0, 0.05) is 21.1 Å². The summed E-state index contributed by atoms with van der Waals surface area (Å²) in [5.41, 5.74) is 0. The highest BCUT2D eigenvalue weighted by atomic mass is 19.4. The molecule has 0 aliphatic carbocycles. The van der Waals surface area contributed by atoms with Gasteiger partial charge in [-0.25, -0.2) is 4.39 Å². The lowest BCUT2D eigenvalue weighted by Crippen LogP contribution is -1.95. The lowest BCUT2D eigenvalue weighted by atomic mass is 10.5. The number of methoxy groups -OCH3 is 1. The standard InChI is InChI=1S/C3H7F.2C3H8.C2H3F3.C2H6O/c1-3(2)4;2*1-3-2;1-2(3,4)5;1-3-2/h3H,1-2H3;2*3H2,1-2H3;1H3;1-2H3. The summed E-state index contributed by atoms with van der Waals surface area (Å²) in [6, 6.07) is 0. The molecule has 0 aliphatic heterocycles. The van der Waals surface area contributed by atoms with Crippen molar-refractivity contribution in [1.82, 2.24) is 0 Å². The van der Waals surface area contributed by atoms with Gasteiger partial charge in [-0.15, -0.1) is 0 Å². The van der Waals surface area contributed by atoms with E-state index in [2.05, 4.69) is 32.4 Å². The molecule has 0 aromatic heterocycles. The van der Waals surface area contributed by atoms with E-state index in [4.69, 9.17) is 0 Å². The topological polar surface area (TPSA) is 9.23 Å². The van der Waals surface area contributed by atoms with Gasteiger partial charge in [-0.3, -0.25) is 0 Å². The Kier molecular flexibility index (Phi) is 51.1. The molecule has 0 saturated carbocycles. The van der Waals surface area contributed by atoms with Gasteiger partial charge in [0.1, 0.15) is 0 Å². The van der Waals surface area contributed by atoms with E-state index in [1.807, 2.05) is 0 Å². The fourth-order valence-corrected chi connectivity index (χ4v) is 0. The number of halogens is 4. The Balaban J connectivity index is -0.0000000400. The maximum atomic E-state index is 11.0. The van der Waals surface area contributed by atoms with E-state index in [1.165, 1.54) is 26.7 Å². The minimum Gasteiger partial charge on any atom is -0.388 e. The van der Waals surface area contributed by atoms with Crippen LogP contribution < -0.4 is 0 Å². The normalized spacial score (nSPS) is 8.33. The molecule has 0 spiro atoms. The van der Waals surface area contributed by atoms with Gasteiger partial charge in [0.2, 0.25) is 0 Å². The summed E-state index contributed by atoms with van der Waals surface area (Å²) in [7, 11) is 3.25. The largest absolute Gasteiger partial charge is 0.388 e. The minimum absolute atomic E-state index is 0.188. The van der Waals surface area contributed by atoms with E-state index in [0.29, 0.717) is 0 Å². The lowest BCUT2D eigenvalue weighted by Gasteiger charge is -1.88. The molecule has 118 valence electrons. The zero-order valence-corrected chi connectivity index (χ0v) is 13.4. The number of ether oxygens (including phenoxy) is 1. The third kappa shape index (κ3) is 33000. The quantitative estimate of drug-likeness (QED) is 0.492. The maximum absolute atomic E-state index is 11.0. The van der Waals surface area contributed by atoms with E-state index >= 15 is 0 Å². The van der Waals surface area contributed by atoms with Crippen LogP contribution in [0.25, 0.3) is 0 Å².